The van der Waals surface area contributed by atoms with E-state index in [-0.39, 0.29) is 0 Å². The van der Waals surface area contributed by atoms with Crippen LogP contribution in [-0.2, 0) is 6.42 Å². The Balaban J connectivity index is 0.000000297. The van der Waals surface area contributed by atoms with Gasteiger partial charge in [0.25, 0.3) is 5.91 Å². The van der Waals surface area contributed by atoms with Crippen molar-refractivity contribution in [2.24, 2.45) is 0 Å². The molecule has 0 unspecified atom stereocenters. The number of benzene rings is 2. The summed E-state index contributed by atoms with van der Waals surface area (Å²) in [5.41, 5.74) is 7.02. The molecule has 0 fully saturated rings. The van der Waals surface area contributed by atoms with Crippen molar-refractivity contribution in [2.45, 2.75) is 26.7 Å². The molecule has 0 atom stereocenters. The first-order valence-corrected chi connectivity index (χ1v) is 9.57. The maximum atomic E-state index is 13.3. The molecule has 3 amide bonds. The normalized spacial score (nSPS) is 9.70. The van der Waals surface area contributed by atoms with Gasteiger partial charge in [-0.2, -0.15) is 0 Å². The Morgan fingerprint density at radius 3 is 2.30 bits per heavy atom. The van der Waals surface area contributed by atoms with Crippen LogP contribution in [0.4, 0.5) is 14.9 Å². The van der Waals surface area contributed by atoms with Gasteiger partial charge in [-0.05, 0) is 60.9 Å². The van der Waals surface area contributed by atoms with Gasteiger partial charge in [-0.25, -0.2) is 14.6 Å². The first kappa shape index (κ1) is 22.5. The number of halogens is 1. The number of carbonyl (C=O) groups is 2. The van der Waals surface area contributed by atoms with Crippen molar-refractivity contribution in [3.8, 4) is 0 Å². The predicted octanol–water partition coefficient (Wildman–Crippen LogP) is 4.63. The van der Waals surface area contributed by atoms with Crippen molar-refractivity contribution in [1.82, 2.24) is 15.8 Å². The highest BCUT2D eigenvalue weighted by Crippen LogP contribution is 2.13. The van der Waals surface area contributed by atoms with Crippen LogP contribution in [-0.4, -0.2) is 16.9 Å². The van der Waals surface area contributed by atoms with E-state index in [0.29, 0.717) is 16.8 Å². The molecule has 0 saturated carbocycles. The van der Waals surface area contributed by atoms with Gasteiger partial charge in [-0.15, -0.1) is 0 Å². The summed E-state index contributed by atoms with van der Waals surface area (Å²) in [6.07, 6.45) is 6.06. The smallest absolute Gasteiger partial charge is 0.306 e. The quantitative estimate of drug-likeness (QED) is 0.550. The molecule has 0 spiro atoms. The number of carbonyl (C=O) groups excluding carboxylic acids is 2. The molecule has 7 heteroatoms. The number of rotatable bonds is 4. The van der Waals surface area contributed by atoms with Crippen LogP contribution in [0.2, 0.25) is 0 Å². The fourth-order valence-electron chi connectivity index (χ4n) is 2.45. The van der Waals surface area contributed by atoms with E-state index in [1.165, 1.54) is 24.5 Å². The Morgan fingerprint density at radius 1 is 0.967 bits per heavy atom. The second-order valence-corrected chi connectivity index (χ2v) is 6.47. The zero-order chi connectivity index (χ0) is 21.8. The zero-order valence-electron chi connectivity index (χ0n) is 17.0. The van der Waals surface area contributed by atoms with Gasteiger partial charge >= 0.3 is 6.03 Å². The lowest BCUT2D eigenvalue weighted by molar-refractivity contribution is 0.0938. The van der Waals surface area contributed by atoms with Gasteiger partial charge in [-0.1, -0.05) is 37.6 Å². The summed E-state index contributed by atoms with van der Waals surface area (Å²) in [5.74, 6) is -0.859. The van der Waals surface area contributed by atoms with Crippen LogP contribution >= 0.6 is 0 Å². The van der Waals surface area contributed by atoms with Gasteiger partial charge in [0.15, 0.2) is 0 Å². The highest BCUT2D eigenvalue weighted by atomic mass is 19.1. The van der Waals surface area contributed by atoms with Crippen molar-refractivity contribution < 1.29 is 14.0 Å². The van der Waals surface area contributed by atoms with E-state index in [0.717, 1.165) is 0 Å². The zero-order valence-corrected chi connectivity index (χ0v) is 17.0. The van der Waals surface area contributed by atoms with Crippen LogP contribution in [0, 0.1) is 12.7 Å². The molecular formula is C23H25FN4O2. The van der Waals surface area contributed by atoms with Crippen molar-refractivity contribution in [3.05, 3.63) is 95.6 Å². The summed E-state index contributed by atoms with van der Waals surface area (Å²) in [6, 6.07) is 16.2. The van der Waals surface area contributed by atoms with E-state index < -0.39 is 17.8 Å². The number of nitrogens with one attached hydrogen (secondary N) is 3. The molecule has 1 aromatic heterocycles. The molecule has 30 heavy (non-hydrogen) atoms. The lowest BCUT2D eigenvalue weighted by Crippen LogP contribution is -2.43. The lowest BCUT2D eigenvalue weighted by Gasteiger charge is -2.09. The highest BCUT2D eigenvalue weighted by Gasteiger charge is 2.07. The number of nitrogens with zero attached hydrogens (tertiary/aromatic N) is 1. The lowest BCUT2D eigenvalue weighted by atomic mass is 10.2. The number of aromatic nitrogens is 1. The number of hydrogen-bond acceptors (Lipinski definition) is 3. The molecule has 3 rings (SSSR count). The molecule has 0 aliphatic carbocycles. The number of amides is 3. The van der Waals surface area contributed by atoms with E-state index in [1.807, 2.05) is 12.4 Å². The monoisotopic (exact) mass is 408 g/mol. The topological polar surface area (TPSA) is 83.1 Å². The van der Waals surface area contributed by atoms with Crippen LogP contribution in [0.3, 0.4) is 0 Å². The summed E-state index contributed by atoms with van der Waals surface area (Å²) >= 11 is 0. The van der Waals surface area contributed by atoms with Crippen LogP contribution in [0.15, 0.2) is 73.1 Å². The van der Waals surface area contributed by atoms with Crippen molar-refractivity contribution in [1.29, 1.82) is 0 Å². The van der Waals surface area contributed by atoms with Gasteiger partial charge in [0.2, 0.25) is 0 Å². The molecular weight excluding hydrogens is 383 g/mol. The van der Waals surface area contributed by atoms with Crippen molar-refractivity contribution in [3.63, 3.8) is 0 Å². The Kier molecular flexibility index (Phi) is 8.99. The predicted molar refractivity (Wildman–Crippen MR) is 115 cm³/mol. The largest absolute Gasteiger partial charge is 0.337 e. The fourth-order valence-corrected chi connectivity index (χ4v) is 2.45. The first-order valence-electron chi connectivity index (χ1n) is 9.57. The third-order valence-corrected chi connectivity index (χ3v) is 4.04. The number of hydrazine groups is 1. The molecule has 3 aromatic rings. The average molecular weight is 408 g/mol. The number of urea groups is 1. The Labute approximate surface area is 175 Å². The summed E-state index contributed by atoms with van der Waals surface area (Å²) in [6.45, 7) is 3.81. The molecule has 0 radical (unpaired) electrons. The standard InChI is InChI=1S/C15H14FN3O2.C8H11N/c1-10-7-8-12(9-13(10)16)17-15(21)19-18-14(20)11-5-3-2-4-6-11;1-2-3-8-4-6-9-7-5-8/h2-9H,1H3,(H,18,20)(H2,17,19,21);4-7H,2-3H2,1H3. The Hall–Kier alpha value is -3.74. The number of aryl methyl sites for hydroxylation is 2. The second kappa shape index (κ2) is 12.0. The summed E-state index contributed by atoms with van der Waals surface area (Å²) in [5, 5.41) is 2.41. The van der Waals surface area contributed by atoms with Crippen LogP contribution in [0.25, 0.3) is 0 Å². The number of anilines is 1. The van der Waals surface area contributed by atoms with Crippen molar-refractivity contribution >= 4 is 17.6 Å². The SMILES string of the molecule is CCCc1ccncc1.Cc1ccc(NC(=O)NNC(=O)c2ccccc2)cc1F. The molecule has 2 aromatic carbocycles. The number of hydrogen-bond donors (Lipinski definition) is 3. The van der Waals surface area contributed by atoms with E-state index in [2.05, 4.69) is 40.2 Å². The summed E-state index contributed by atoms with van der Waals surface area (Å²) < 4.78 is 13.3. The van der Waals surface area contributed by atoms with E-state index >= 15 is 0 Å². The van der Waals surface area contributed by atoms with Gasteiger partial charge in [-0.3, -0.25) is 15.2 Å². The summed E-state index contributed by atoms with van der Waals surface area (Å²) in [4.78, 5) is 27.2. The van der Waals surface area contributed by atoms with Crippen LogP contribution in [0.5, 0.6) is 0 Å². The molecule has 1 heterocycles. The second-order valence-electron chi connectivity index (χ2n) is 6.47. The highest BCUT2D eigenvalue weighted by molar-refractivity contribution is 5.97. The van der Waals surface area contributed by atoms with Crippen LogP contribution < -0.4 is 16.2 Å². The van der Waals surface area contributed by atoms with E-state index in [4.69, 9.17) is 0 Å². The van der Waals surface area contributed by atoms with Gasteiger partial charge in [0.05, 0.1) is 0 Å². The third kappa shape index (κ3) is 7.71. The van der Waals surface area contributed by atoms with Crippen LogP contribution in [0.1, 0.15) is 34.8 Å². The number of pyridine rings is 1. The minimum atomic E-state index is -0.664. The fraction of sp³-hybridized carbons (Fsp3) is 0.174. The Bertz CT molecular complexity index is 950. The van der Waals surface area contributed by atoms with E-state index in [1.54, 1.807) is 49.4 Å². The van der Waals surface area contributed by atoms with Gasteiger partial charge in [0, 0.05) is 23.6 Å². The summed E-state index contributed by atoms with van der Waals surface area (Å²) in [7, 11) is 0. The molecule has 0 saturated heterocycles. The van der Waals surface area contributed by atoms with Gasteiger partial charge < -0.3 is 5.32 Å². The molecule has 0 aliphatic heterocycles. The molecule has 6 nitrogen and oxygen atoms in total. The van der Waals surface area contributed by atoms with Crippen molar-refractivity contribution in [2.75, 3.05) is 5.32 Å². The molecule has 0 aliphatic rings. The maximum absolute atomic E-state index is 13.3. The van der Waals surface area contributed by atoms with E-state index in [9.17, 15) is 14.0 Å². The minimum Gasteiger partial charge on any atom is -0.306 e. The third-order valence-electron chi connectivity index (χ3n) is 4.04. The Morgan fingerprint density at radius 2 is 1.67 bits per heavy atom. The first-order chi connectivity index (χ1) is 14.5. The minimum absolute atomic E-state index is 0.296. The molecule has 3 N–H and O–H groups in total. The molecule has 156 valence electrons. The molecule has 0 bridgehead atoms. The van der Waals surface area contributed by atoms with Gasteiger partial charge in [0.1, 0.15) is 5.82 Å². The maximum Gasteiger partial charge on any atom is 0.337 e. The average Bonchev–Trinajstić information content (AvgIpc) is 2.77.